The van der Waals surface area contributed by atoms with Gasteiger partial charge in [-0.25, -0.2) is 0 Å². The molecule has 0 aliphatic heterocycles. The minimum atomic E-state index is 0.870. The van der Waals surface area contributed by atoms with E-state index in [1.54, 1.807) is 0 Å². The molecule has 1 aromatic heterocycles. The molecule has 1 aromatic rings. The summed E-state index contributed by atoms with van der Waals surface area (Å²) in [5.74, 6) is 0. The summed E-state index contributed by atoms with van der Waals surface area (Å²) in [6.45, 7) is 0. The molecule has 0 atom stereocenters. The zero-order valence-electron chi connectivity index (χ0n) is 3.64. The van der Waals surface area contributed by atoms with E-state index in [0.29, 0.717) is 0 Å². The maximum atomic E-state index is 4.49. The van der Waals surface area contributed by atoms with E-state index in [-0.39, 0.29) is 0 Å². The molecule has 0 fully saturated rings. The molecule has 1 radical (unpaired) electrons. The molecule has 1 N–H and O–H groups in total. The molecule has 1 rings (SSSR count). The molecule has 1 nitrogen and oxygen atoms in total. The molecule has 0 aliphatic rings. The Labute approximate surface area is 47.4 Å². The molecule has 7 heavy (non-hydrogen) atoms. The molecule has 0 aromatic carbocycles. The van der Waals surface area contributed by atoms with Crippen molar-refractivity contribution in [1.82, 2.24) is 4.98 Å². The minimum absolute atomic E-state index is 0.870. The van der Waals surface area contributed by atoms with Crippen molar-refractivity contribution in [2.24, 2.45) is 0 Å². The van der Waals surface area contributed by atoms with Crippen LogP contribution in [0.2, 0.25) is 0 Å². The van der Waals surface area contributed by atoms with Crippen LogP contribution in [0.4, 0.5) is 0 Å². The molecule has 0 aliphatic carbocycles. The third-order valence-corrected chi connectivity index (χ3v) is 0.928. The van der Waals surface area contributed by atoms with Crippen LogP contribution in [0.25, 0.3) is 0 Å². The van der Waals surface area contributed by atoms with Crippen LogP contribution in [-0.4, -0.2) is 10.4 Å². The molecular formula is C5H4NS. The number of hydrogen-bond donors (Lipinski definition) is 1. The van der Waals surface area contributed by atoms with Crippen molar-refractivity contribution in [3.63, 3.8) is 0 Å². The number of thiocarbonyl (C=S) groups is 1. The van der Waals surface area contributed by atoms with Gasteiger partial charge in [-0.15, -0.1) is 0 Å². The van der Waals surface area contributed by atoms with Crippen LogP contribution in [0.5, 0.6) is 0 Å². The van der Waals surface area contributed by atoms with Gasteiger partial charge in [0.15, 0.2) is 0 Å². The van der Waals surface area contributed by atoms with Crippen molar-refractivity contribution < 1.29 is 0 Å². The van der Waals surface area contributed by atoms with E-state index in [9.17, 15) is 0 Å². The second-order valence-corrected chi connectivity index (χ2v) is 1.39. The average Bonchev–Trinajstić information content (AvgIpc) is 2.14. The molecule has 0 saturated carbocycles. The van der Waals surface area contributed by atoms with E-state index in [1.165, 1.54) is 0 Å². The highest BCUT2D eigenvalue weighted by Gasteiger charge is 1.79. The van der Waals surface area contributed by atoms with Gasteiger partial charge in [0.05, 0.1) is 11.1 Å². The summed E-state index contributed by atoms with van der Waals surface area (Å²) in [6, 6.07) is 3.75. The Balaban J connectivity index is 2.96. The Morgan fingerprint density at radius 3 is 2.86 bits per heavy atom. The fraction of sp³-hybridized carbons (Fsp3) is 0. The second-order valence-electron chi connectivity index (χ2n) is 1.19. The molecule has 0 saturated heterocycles. The van der Waals surface area contributed by atoms with E-state index in [1.807, 2.05) is 18.3 Å². The summed E-state index contributed by atoms with van der Waals surface area (Å²) in [6.07, 6.45) is 1.81. The first-order valence-corrected chi connectivity index (χ1v) is 2.36. The van der Waals surface area contributed by atoms with Gasteiger partial charge in [-0.05, 0) is 12.1 Å². The van der Waals surface area contributed by atoms with Crippen molar-refractivity contribution in [2.45, 2.75) is 0 Å². The van der Waals surface area contributed by atoms with Crippen LogP contribution in [0.15, 0.2) is 18.3 Å². The summed E-state index contributed by atoms with van der Waals surface area (Å²) in [5.41, 5.74) is 0.870. The van der Waals surface area contributed by atoms with Crippen molar-refractivity contribution in [1.29, 1.82) is 0 Å². The Morgan fingerprint density at radius 2 is 2.57 bits per heavy atom. The highest BCUT2D eigenvalue weighted by molar-refractivity contribution is 7.79. The fourth-order valence-electron chi connectivity index (χ4n) is 0.394. The molecule has 1 heterocycles. The molecule has 0 spiro atoms. The topological polar surface area (TPSA) is 15.8 Å². The molecule has 35 valence electrons. The van der Waals surface area contributed by atoms with Gasteiger partial charge < -0.3 is 4.98 Å². The lowest BCUT2D eigenvalue weighted by atomic mass is 10.5. The summed E-state index contributed by atoms with van der Waals surface area (Å²) >= 11 is 4.49. The van der Waals surface area contributed by atoms with Crippen LogP contribution in [0.3, 0.4) is 0 Å². The molecule has 0 unspecified atom stereocenters. The first-order chi connectivity index (χ1) is 3.43. The SMILES string of the molecule is S=[C]c1ccc[nH]1. The van der Waals surface area contributed by atoms with Gasteiger partial charge in [0.25, 0.3) is 0 Å². The van der Waals surface area contributed by atoms with E-state index in [0.717, 1.165) is 5.69 Å². The van der Waals surface area contributed by atoms with E-state index < -0.39 is 0 Å². The third-order valence-electron chi connectivity index (χ3n) is 0.708. The van der Waals surface area contributed by atoms with Crippen molar-refractivity contribution in [2.75, 3.05) is 0 Å². The largest absolute Gasteiger partial charge is 0.360 e. The number of nitrogens with one attached hydrogen (secondary N) is 1. The van der Waals surface area contributed by atoms with Gasteiger partial charge in [0, 0.05) is 6.20 Å². The van der Waals surface area contributed by atoms with Crippen LogP contribution in [0.1, 0.15) is 5.69 Å². The smallest absolute Gasteiger partial charge is 0.0813 e. The number of aromatic nitrogens is 1. The molecule has 0 bridgehead atoms. The van der Waals surface area contributed by atoms with Crippen molar-refractivity contribution in [3.8, 4) is 0 Å². The predicted octanol–water partition coefficient (Wildman–Crippen LogP) is 1.24. The van der Waals surface area contributed by atoms with E-state index in [2.05, 4.69) is 22.6 Å². The van der Waals surface area contributed by atoms with Crippen molar-refractivity contribution >= 4 is 17.6 Å². The van der Waals surface area contributed by atoms with Crippen molar-refractivity contribution in [3.05, 3.63) is 24.0 Å². The van der Waals surface area contributed by atoms with Gasteiger partial charge in [0.1, 0.15) is 0 Å². The first kappa shape index (κ1) is 4.53. The molecule has 0 amide bonds. The molecule has 2 heteroatoms. The zero-order chi connectivity index (χ0) is 5.11. The molecular weight excluding hydrogens is 106 g/mol. The monoisotopic (exact) mass is 110 g/mol. The Hall–Kier alpha value is -0.630. The van der Waals surface area contributed by atoms with Crippen LogP contribution in [-0.2, 0) is 0 Å². The van der Waals surface area contributed by atoms with Gasteiger partial charge in [-0.1, -0.05) is 12.2 Å². The lowest BCUT2D eigenvalue weighted by Crippen LogP contribution is -1.70. The quantitative estimate of drug-likeness (QED) is 0.538. The lowest BCUT2D eigenvalue weighted by molar-refractivity contribution is 1.39. The normalized spacial score (nSPS) is 8.57. The van der Waals surface area contributed by atoms with Crippen LogP contribution < -0.4 is 0 Å². The van der Waals surface area contributed by atoms with E-state index in [4.69, 9.17) is 0 Å². The van der Waals surface area contributed by atoms with Gasteiger partial charge >= 0.3 is 0 Å². The second kappa shape index (κ2) is 1.89. The predicted molar refractivity (Wildman–Crippen MR) is 32.5 cm³/mol. The average molecular weight is 110 g/mol. The van der Waals surface area contributed by atoms with E-state index >= 15 is 0 Å². The number of hydrogen-bond acceptors (Lipinski definition) is 1. The van der Waals surface area contributed by atoms with Gasteiger partial charge in [-0.3, -0.25) is 0 Å². The first-order valence-electron chi connectivity index (χ1n) is 1.95. The highest BCUT2D eigenvalue weighted by atomic mass is 32.1. The Kier molecular flexibility index (Phi) is 1.22. The summed E-state index contributed by atoms with van der Waals surface area (Å²) < 4.78 is 0. The lowest BCUT2D eigenvalue weighted by Gasteiger charge is -1.71. The Morgan fingerprint density at radius 1 is 1.71 bits per heavy atom. The van der Waals surface area contributed by atoms with Crippen LogP contribution >= 0.6 is 12.2 Å². The summed E-state index contributed by atoms with van der Waals surface area (Å²) in [7, 11) is 0. The summed E-state index contributed by atoms with van der Waals surface area (Å²) in [5, 5.41) is 2.53. The third kappa shape index (κ3) is 0.871. The number of aromatic amines is 1. The maximum Gasteiger partial charge on any atom is 0.0813 e. The van der Waals surface area contributed by atoms with Gasteiger partial charge in [0.2, 0.25) is 0 Å². The van der Waals surface area contributed by atoms with Gasteiger partial charge in [-0.2, -0.15) is 0 Å². The van der Waals surface area contributed by atoms with Crippen LogP contribution in [0, 0.1) is 0 Å². The number of H-pyrrole nitrogens is 1. The summed E-state index contributed by atoms with van der Waals surface area (Å²) in [4.78, 5) is 2.87. The number of rotatable bonds is 1. The Bertz CT molecular complexity index is 143. The maximum absolute atomic E-state index is 4.49. The standard InChI is InChI=1S/C5H4NS/c7-4-5-2-1-3-6-5/h1-3,6H. The highest BCUT2D eigenvalue weighted by Crippen LogP contribution is 1.87. The fourth-order valence-corrected chi connectivity index (χ4v) is 0.521. The minimum Gasteiger partial charge on any atom is -0.360 e. The zero-order valence-corrected chi connectivity index (χ0v) is 4.46.